The van der Waals surface area contributed by atoms with E-state index >= 15 is 0 Å². The molecule has 3 heteroatoms. The molecule has 0 bridgehead atoms. The first-order valence-electron chi connectivity index (χ1n) is 5.48. The molecule has 76 valence electrons. The van der Waals surface area contributed by atoms with Gasteiger partial charge < -0.3 is 9.88 Å². The van der Waals surface area contributed by atoms with Crippen molar-refractivity contribution in [2.75, 3.05) is 5.32 Å². The topological polar surface area (TPSA) is 29.9 Å². The van der Waals surface area contributed by atoms with Gasteiger partial charge in [0, 0.05) is 18.8 Å². The van der Waals surface area contributed by atoms with Crippen molar-refractivity contribution in [3.63, 3.8) is 0 Å². The van der Waals surface area contributed by atoms with Crippen LogP contribution in [-0.4, -0.2) is 15.6 Å². The second-order valence-corrected chi connectivity index (χ2v) is 5.04. The van der Waals surface area contributed by atoms with E-state index in [1.165, 1.54) is 19.3 Å². The normalized spacial score (nSPS) is 28.0. The van der Waals surface area contributed by atoms with E-state index in [2.05, 4.69) is 34.9 Å². The highest BCUT2D eigenvalue weighted by Gasteiger charge is 2.45. The van der Waals surface area contributed by atoms with Gasteiger partial charge in [0.15, 0.2) is 0 Å². The Kier molecular flexibility index (Phi) is 1.50. The zero-order valence-corrected chi connectivity index (χ0v) is 8.88. The van der Waals surface area contributed by atoms with E-state index in [9.17, 15) is 0 Å². The molecule has 1 unspecified atom stereocenters. The molecule has 0 saturated heterocycles. The third kappa shape index (κ3) is 1.15. The lowest BCUT2D eigenvalue weighted by atomic mass is 9.95. The molecule has 1 fully saturated rings. The number of anilines is 1. The van der Waals surface area contributed by atoms with Crippen molar-refractivity contribution in [1.82, 2.24) is 9.55 Å². The molecule has 3 nitrogen and oxygen atoms in total. The molecule has 2 heterocycles. The van der Waals surface area contributed by atoms with Gasteiger partial charge in [-0.3, -0.25) is 0 Å². The molecule has 0 amide bonds. The van der Waals surface area contributed by atoms with Crippen LogP contribution in [-0.2, 0) is 6.54 Å². The SMILES string of the molecule is Cc1cn2c(n1)NC(C1(C)CC1)CC2. The first kappa shape index (κ1) is 8.33. The number of hydrogen-bond acceptors (Lipinski definition) is 2. The Morgan fingerprint density at radius 1 is 1.57 bits per heavy atom. The summed E-state index contributed by atoms with van der Waals surface area (Å²) >= 11 is 0. The number of aromatic nitrogens is 2. The second-order valence-electron chi connectivity index (χ2n) is 5.04. The highest BCUT2D eigenvalue weighted by atomic mass is 15.2. The van der Waals surface area contributed by atoms with Gasteiger partial charge >= 0.3 is 0 Å². The Labute approximate surface area is 84.5 Å². The molecule has 0 aromatic carbocycles. The maximum Gasteiger partial charge on any atom is 0.203 e. The minimum Gasteiger partial charge on any atom is -0.352 e. The summed E-state index contributed by atoms with van der Waals surface area (Å²) in [7, 11) is 0. The van der Waals surface area contributed by atoms with E-state index in [-0.39, 0.29) is 0 Å². The number of rotatable bonds is 1. The number of nitrogens with one attached hydrogen (secondary N) is 1. The van der Waals surface area contributed by atoms with Crippen molar-refractivity contribution in [3.8, 4) is 0 Å². The van der Waals surface area contributed by atoms with Crippen LogP contribution >= 0.6 is 0 Å². The van der Waals surface area contributed by atoms with Crippen molar-refractivity contribution in [2.24, 2.45) is 5.41 Å². The van der Waals surface area contributed by atoms with Crippen LogP contribution in [0.25, 0.3) is 0 Å². The summed E-state index contributed by atoms with van der Waals surface area (Å²) in [6.07, 6.45) is 6.14. The van der Waals surface area contributed by atoms with E-state index in [0.29, 0.717) is 11.5 Å². The molecule has 0 spiro atoms. The molecule has 2 aliphatic rings. The molecule has 1 atom stereocenters. The van der Waals surface area contributed by atoms with E-state index in [1.54, 1.807) is 0 Å². The standard InChI is InChI=1S/C11H17N3/c1-8-7-14-6-3-9(11(2)4-5-11)13-10(14)12-8/h7,9H,3-6H2,1-2H3,(H,12,13). The average molecular weight is 191 g/mol. The number of imidazole rings is 1. The average Bonchev–Trinajstić information content (AvgIpc) is 2.79. The highest BCUT2D eigenvalue weighted by Crippen LogP contribution is 2.50. The summed E-state index contributed by atoms with van der Waals surface area (Å²) in [5, 5.41) is 3.57. The van der Waals surface area contributed by atoms with Gasteiger partial charge in [-0.25, -0.2) is 4.98 Å². The van der Waals surface area contributed by atoms with Crippen LogP contribution in [0.2, 0.25) is 0 Å². The summed E-state index contributed by atoms with van der Waals surface area (Å²) in [4.78, 5) is 4.49. The van der Waals surface area contributed by atoms with Gasteiger partial charge in [0.25, 0.3) is 0 Å². The first-order chi connectivity index (χ1) is 6.67. The van der Waals surface area contributed by atoms with E-state index in [0.717, 1.165) is 18.2 Å². The van der Waals surface area contributed by atoms with Crippen molar-refractivity contribution in [1.29, 1.82) is 0 Å². The Morgan fingerprint density at radius 3 is 3.07 bits per heavy atom. The maximum atomic E-state index is 4.49. The smallest absolute Gasteiger partial charge is 0.203 e. The summed E-state index contributed by atoms with van der Waals surface area (Å²) in [5.41, 5.74) is 1.68. The first-order valence-corrected chi connectivity index (χ1v) is 5.48. The maximum absolute atomic E-state index is 4.49. The fraction of sp³-hybridized carbons (Fsp3) is 0.727. The van der Waals surface area contributed by atoms with Gasteiger partial charge in [-0.05, 0) is 31.6 Å². The predicted octanol–water partition coefficient (Wildman–Crippen LogP) is 2.18. The van der Waals surface area contributed by atoms with E-state index < -0.39 is 0 Å². The summed E-state index contributed by atoms with van der Waals surface area (Å²) in [6, 6.07) is 0.650. The van der Waals surface area contributed by atoms with E-state index in [1.807, 2.05) is 0 Å². The van der Waals surface area contributed by atoms with Gasteiger partial charge in [-0.15, -0.1) is 0 Å². The van der Waals surface area contributed by atoms with Crippen LogP contribution in [0.4, 0.5) is 5.95 Å². The van der Waals surface area contributed by atoms with E-state index in [4.69, 9.17) is 0 Å². The molecule has 1 aliphatic carbocycles. The van der Waals surface area contributed by atoms with Crippen LogP contribution in [0, 0.1) is 12.3 Å². The minimum atomic E-state index is 0.561. The number of fused-ring (bicyclic) bond motifs is 1. The van der Waals surface area contributed by atoms with Gasteiger partial charge in [-0.1, -0.05) is 6.92 Å². The molecule has 3 rings (SSSR count). The molecular formula is C11H17N3. The van der Waals surface area contributed by atoms with Gasteiger partial charge in [0.05, 0.1) is 5.69 Å². The Morgan fingerprint density at radius 2 is 2.36 bits per heavy atom. The van der Waals surface area contributed by atoms with Crippen LogP contribution < -0.4 is 5.32 Å². The Hall–Kier alpha value is -0.990. The monoisotopic (exact) mass is 191 g/mol. The zero-order valence-electron chi connectivity index (χ0n) is 8.88. The summed E-state index contributed by atoms with van der Waals surface area (Å²) < 4.78 is 2.23. The lowest BCUT2D eigenvalue weighted by molar-refractivity contribution is 0.392. The van der Waals surface area contributed by atoms with Crippen molar-refractivity contribution in [3.05, 3.63) is 11.9 Å². The molecule has 1 aromatic heterocycles. The molecule has 0 radical (unpaired) electrons. The van der Waals surface area contributed by atoms with Crippen molar-refractivity contribution < 1.29 is 0 Å². The molecule has 1 saturated carbocycles. The minimum absolute atomic E-state index is 0.561. The van der Waals surface area contributed by atoms with Crippen LogP contribution in [0.5, 0.6) is 0 Å². The highest BCUT2D eigenvalue weighted by molar-refractivity contribution is 5.34. The van der Waals surface area contributed by atoms with Crippen LogP contribution in [0.15, 0.2) is 6.20 Å². The van der Waals surface area contributed by atoms with Crippen LogP contribution in [0.1, 0.15) is 31.9 Å². The van der Waals surface area contributed by atoms with Gasteiger partial charge in [-0.2, -0.15) is 0 Å². The quantitative estimate of drug-likeness (QED) is 0.737. The fourth-order valence-corrected chi connectivity index (χ4v) is 2.40. The number of hydrogen-bond donors (Lipinski definition) is 1. The van der Waals surface area contributed by atoms with Crippen molar-refractivity contribution >= 4 is 5.95 Å². The predicted molar refractivity (Wildman–Crippen MR) is 56.3 cm³/mol. The Bertz CT molecular complexity index is 363. The second kappa shape index (κ2) is 2.53. The lowest BCUT2D eigenvalue weighted by Crippen LogP contribution is -2.35. The molecule has 1 aromatic rings. The zero-order chi connectivity index (χ0) is 9.76. The number of nitrogens with zero attached hydrogens (tertiary/aromatic N) is 2. The molecule has 1 N–H and O–H groups in total. The third-order valence-corrected chi connectivity index (χ3v) is 3.74. The lowest BCUT2D eigenvalue weighted by Gasteiger charge is -2.30. The number of aryl methyl sites for hydroxylation is 2. The summed E-state index contributed by atoms with van der Waals surface area (Å²) in [5.74, 6) is 1.08. The molecular weight excluding hydrogens is 174 g/mol. The largest absolute Gasteiger partial charge is 0.352 e. The van der Waals surface area contributed by atoms with Gasteiger partial charge in [0.1, 0.15) is 0 Å². The third-order valence-electron chi connectivity index (χ3n) is 3.74. The molecule has 1 aliphatic heterocycles. The summed E-state index contributed by atoms with van der Waals surface area (Å²) in [6.45, 7) is 5.57. The van der Waals surface area contributed by atoms with Crippen molar-refractivity contribution in [2.45, 2.75) is 45.7 Å². The fourth-order valence-electron chi connectivity index (χ4n) is 2.40. The van der Waals surface area contributed by atoms with Gasteiger partial charge in [0.2, 0.25) is 5.95 Å². The molecule has 14 heavy (non-hydrogen) atoms. The Balaban J connectivity index is 1.86. The van der Waals surface area contributed by atoms with Crippen LogP contribution in [0.3, 0.4) is 0 Å².